The summed E-state index contributed by atoms with van der Waals surface area (Å²) in [6.07, 6.45) is 3.41. The maximum atomic E-state index is 14.2. The summed E-state index contributed by atoms with van der Waals surface area (Å²) in [7, 11) is 0. The molecule has 1 aliphatic rings. The van der Waals surface area contributed by atoms with Crippen LogP contribution in [-0.4, -0.2) is 42.8 Å². The predicted octanol–water partition coefficient (Wildman–Crippen LogP) is 3.45. The van der Waals surface area contributed by atoms with Gasteiger partial charge >= 0.3 is 0 Å². The van der Waals surface area contributed by atoms with Crippen molar-refractivity contribution in [1.82, 2.24) is 4.90 Å². The lowest BCUT2D eigenvalue weighted by molar-refractivity contribution is -0.126. The fraction of sp³-hybridized carbons (Fsp3) is 0.263. The number of amides is 1. The molecule has 0 unspecified atom stereocenters. The Balaban J connectivity index is 1.60. The largest absolute Gasteiger partial charge is 0.366 e. The number of carbonyl (C=O) groups is 2. The van der Waals surface area contributed by atoms with E-state index in [1.807, 2.05) is 28.5 Å². The Morgan fingerprint density at radius 3 is 2.52 bits per heavy atom. The Morgan fingerprint density at radius 1 is 1.16 bits per heavy atom. The minimum absolute atomic E-state index is 0.0274. The van der Waals surface area contributed by atoms with Gasteiger partial charge in [-0.05, 0) is 42.6 Å². The molecule has 2 heterocycles. The van der Waals surface area contributed by atoms with Crippen LogP contribution < -0.4 is 4.90 Å². The fourth-order valence-electron chi connectivity index (χ4n) is 2.80. The molecule has 25 heavy (non-hydrogen) atoms. The van der Waals surface area contributed by atoms with E-state index in [-0.39, 0.29) is 11.7 Å². The van der Waals surface area contributed by atoms with E-state index in [9.17, 15) is 14.0 Å². The zero-order chi connectivity index (χ0) is 17.8. The zero-order valence-corrected chi connectivity index (χ0v) is 14.8. The summed E-state index contributed by atoms with van der Waals surface area (Å²) < 4.78 is 14.2. The number of hydrogen-bond acceptors (Lipinski definition) is 4. The lowest BCUT2D eigenvalue weighted by Gasteiger charge is -2.35. The first-order valence-corrected chi connectivity index (χ1v) is 8.98. The Labute approximate surface area is 150 Å². The van der Waals surface area contributed by atoms with Crippen molar-refractivity contribution in [3.63, 3.8) is 0 Å². The van der Waals surface area contributed by atoms with Crippen LogP contribution in [0.25, 0.3) is 6.08 Å². The maximum Gasteiger partial charge on any atom is 0.246 e. The first kappa shape index (κ1) is 17.4. The lowest BCUT2D eigenvalue weighted by Crippen LogP contribution is -2.48. The number of benzene rings is 1. The van der Waals surface area contributed by atoms with Gasteiger partial charge in [-0.3, -0.25) is 9.59 Å². The number of halogens is 1. The van der Waals surface area contributed by atoms with E-state index in [0.717, 1.165) is 4.88 Å². The van der Waals surface area contributed by atoms with Crippen molar-refractivity contribution >= 4 is 34.8 Å². The van der Waals surface area contributed by atoms with Gasteiger partial charge in [0.25, 0.3) is 0 Å². The van der Waals surface area contributed by atoms with E-state index in [2.05, 4.69) is 0 Å². The normalized spacial score (nSPS) is 15.0. The maximum absolute atomic E-state index is 14.2. The summed E-state index contributed by atoms with van der Waals surface area (Å²) in [5.74, 6) is -0.580. The molecule has 4 nitrogen and oxygen atoms in total. The number of ketones is 1. The molecule has 6 heteroatoms. The smallest absolute Gasteiger partial charge is 0.246 e. The van der Waals surface area contributed by atoms with E-state index in [0.29, 0.717) is 37.4 Å². The van der Waals surface area contributed by atoms with E-state index in [1.165, 1.54) is 13.0 Å². The summed E-state index contributed by atoms with van der Waals surface area (Å²) in [6, 6.07) is 8.46. The van der Waals surface area contributed by atoms with Crippen LogP contribution in [0.2, 0.25) is 0 Å². The van der Waals surface area contributed by atoms with Gasteiger partial charge in [-0.2, -0.15) is 0 Å². The molecule has 3 rings (SSSR count). The predicted molar refractivity (Wildman–Crippen MR) is 98.6 cm³/mol. The summed E-state index contributed by atoms with van der Waals surface area (Å²) in [4.78, 5) is 28.3. The van der Waals surface area contributed by atoms with Crippen molar-refractivity contribution in [1.29, 1.82) is 0 Å². The van der Waals surface area contributed by atoms with E-state index < -0.39 is 5.82 Å². The van der Waals surface area contributed by atoms with Gasteiger partial charge in [-0.1, -0.05) is 6.07 Å². The molecule has 0 atom stereocenters. The molecule has 0 bridgehead atoms. The number of piperazine rings is 1. The molecular formula is C19H19FN2O2S. The molecular weight excluding hydrogens is 339 g/mol. The van der Waals surface area contributed by atoms with Crippen LogP contribution in [0, 0.1) is 5.82 Å². The molecule has 1 aromatic heterocycles. The van der Waals surface area contributed by atoms with Crippen LogP contribution in [0.5, 0.6) is 0 Å². The second-order valence-electron chi connectivity index (χ2n) is 5.88. The first-order chi connectivity index (χ1) is 12.0. The number of nitrogens with zero attached hydrogens (tertiary/aromatic N) is 2. The Morgan fingerprint density at radius 2 is 1.92 bits per heavy atom. The molecule has 0 aliphatic carbocycles. The van der Waals surface area contributed by atoms with Crippen molar-refractivity contribution in [2.24, 2.45) is 0 Å². The summed E-state index contributed by atoms with van der Waals surface area (Å²) in [6.45, 7) is 3.63. The van der Waals surface area contributed by atoms with Gasteiger partial charge in [0.05, 0.1) is 5.69 Å². The van der Waals surface area contributed by atoms with Gasteiger partial charge in [0, 0.05) is 42.7 Å². The van der Waals surface area contributed by atoms with Crippen molar-refractivity contribution in [3.05, 3.63) is 58.0 Å². The van der Waals surface area contributed by atoms with Crippen molar-refractivity contribution < 1.29 is 14.0 Å². The molecule has 130 valence electrons. The number of carbonyl (C=O) groups excluding carboxylic acids is 2. The van der Waals surface area contributed by atoms with E-state index >= 15 is 0 Å². The van der Waals surface area contributed by atoms with E-state index in [4.69, 9.17) is 0 Å². The monoisotopic (exact) mass is 358 g/mol. The van der Waals surface area contributed by atoms with Crippen molar-refractivity contribution in [2.45, 2.75) is 6.92 Å². The van der Waals surface area contributed by atoms with Crippen molar-refractivity contribution in [3.8, 4) is 0 Å². The van der Waals surface area contributed by atoms with Crippen LogP contribution in [0.3, 0.4) is 0 Å². The van der Waals surface area contributed by atoms with Gasteiger partial charge in [0.1, 0.15) is 5.82 Å². The fourth-order valence-corrected chi connectivity index (χ4v) is 3.41. The van der Waals surface area contributed by atoms with Gasteiger partial charge in [0.15, 0.2) is 5.78 Å². The minimum Gasteiger partial charge on any atom is -0.366 e. The van der Waals surface area contributed by atoms with Gasteiger partial charge in [-0.15, -0.1) is 11.3 Å². The van der Waals surface area contributed by atoms with Gasteiger partial charge in [-0.25, -0.2) is 4.39 Å². The highest BCUT2D eigenvalue weighted by Crippen LogP contribution is 2.22. The number of rotatable bonds is 4. The van der Waals surface area contributed by atoms with E-state index in [1.54, 1.807) is 34.4 Å². The molecule has 2 aromatic rings. The highest BCUT2D eigenvalue weighted by atomic mass is 32.1. The SMILES string of the molecule is CC(=O)c1ccc(N2CCN(C(=O)C=Cc3cccs3)CC2)c(F)c1. The Bertz CT molecular complexity index is 794. The Kier molecular flexibility index (Phi) is 5.28. The first-order valence-electron chi connectivity index (χ1n) is 8.10. The third-order valence-electron chi connectivity index (χ3n) is 4.22. The van der Waals surface area contributed by atoms with Crippen LogP contribution in [-0.2, 0) is 4.79 Å². The molecule has 1 aliphatic heterocycles. The average molecular weight is 358 g/mol. The molecule has 0 saturated carbocycles. The highest BCUT2D eigenvalue weighted by molar-refractivity contribution is 7.10. The standard InChI is InChI=1S/C19H19FN2O2S/c1-14(23)15-4-6-18(17(20)13-15)21-8-10-22(11-9-21)19(24)7-5-16-3-2-12-25-16/h2-7,12-13H,8-11H2,1H3. The number of hydrogen-bond donors (Lipinski definition) is 0. The zero-order valence-electron chi connectivity index (χ0n) is 13.9. The Hall–Kier alpha value is -2.47. The van der Waals surface area contributed by atoms with Crippen LogP contribution in [0.15, 0.2) is 41.8 Å². The molecule has 1 amide bonds. The molecule has 1 saturated heterocycles. The second kappa shape index (κ2) is 7.61. The molecule has 0 radical (unpaired) electrons. The quantitative estimate of drug-likeness (QED) is 0.621. The second-order valence-corrected chi connectivity index (χ2v) is 6.86. The highest BCUT2D eigenvalue weighted by Gasteiger charge is 2.22. The third-order valence-corrected chi connectivity index (χ3v) is 5.06. The summed E-state index contributed by atoms with van der Waals surface area (Å²) in [5.41, 5.74) is 0.847. The number of thiophene rings is 1. The van der Waals surface area contributed by atoms with Crippen LogP contribution in [0.4, 0.5) is 10.1 Å². The van der Waals surface area contributed by atoms with Crippen LogP contribution in [0.1, 0.15) is 22.2 Å². The van der Waals surface area contributed by atoms with Crippen molar-refractivity contribution in [2.75, 3.05) is 31.1 Å². The molecule has 1 aromatic carbocycles. The van der Waals surface area contributed by atoms with Crippen LogP contribution >= 0.6 is 11.3 Å². The van der Waals surface area contributed by atoms with Gasteiger partial charge in [0.2, 0.25) is 5.91 Å². The minimum atomic E-state index is -0.398. The summed E-state index contributed by atoms with van der Waals surface area (Å²) in [5, 5.41) is 1.97. The molecule has 0 N–H and O–H groups in total. The van der Waals surface area contributed by atoms with Gasteiger partial charge < -0.3 is 9.80 Å². The summed E-state index contributed by atoms with van der Waals surface area (Å²) >= 11 is 1.58. The molecule has 0 spiro atoms. The molecule has 1 fully saturated rings. The number of Topliss-reactive ketones (excluding diaryl/α,β-unsaturated/α-hetero) is 1. The topological polar surface area (TPSA) is 40.6 Å². The lowest BCUT2D eigenvalue weighted by atomic mass is 10.1. The number of anilines is 1. The average Bonchev–Trinajstić information content (AvgIpc) is 3.13. The third kappa shape index (κ3) is 4.14.